The molecule has 10 heteroatoms. The number of rotatable bonds is 6. The van der Waals surface area contributed by atoms with Crippen LogP contribution >= 0.6 is 11.8 Å². The molecule has 1 aliphatic heterocycles. The van der Waals surface area contributed by atoms with Crippen LogP contribution in [0, 0.1) is 11.8 Å². The Morgan fingerprint density at radius 1 is 1.38 bits per heavy atom. The molecule has 0 unspecified atom stereocenters. The Balaban J connectivity index is 1.86. The maximum atomic E-state index is 13.5. The van der Waals surface area contributed by atoms with E-state index in [-0.39, 0.29) is 28.1 Å². The molecule has 1 atom stereocenters. The fourth-order valence-corrected chi connectivity index (χ4v) is 7.42. The van der Waals surface area contributed by atoms with E-state index in [9.17, 15) is 17.6 Å². The normalized spacial score (nSPS) is 29.2. The van der Waals surface area contributed by atoms with E-state index < -0.39 is 21.8 Å². The van der Waals surface area contributed by atoms with Crippen LogP contribution in [0.4, 0.5) is 10.1 Å². The number of ether oxygens (including phenoxy) is 1. The van der Waals surface area contributed by atoms with E-state index in [0.29, 0.717) is 29.3 Å². The third-order valence-corrected chi connectivity index (χ3v) is 9.36. The lowest BCUT2D eigenvalue weighted by Gasteiger charge is -2.43. The van der Waals surface area contributed by atoms with E-state index in [1.165, 1.54) is 17.8 Å². The predicted octanol–water partition coefficient (Wildman–Crippen LogP) is 4.14. The average molecular weight is 485 g/mol. The lowest BCUT2D eigenvalue weighted by molar-refractivity contribution is -0.134. The van der Waals surface area contributed by atoms with Crippen molar-refractivity contribution in [3.8, 4) is 5.75 Å². The Morgan fingerprint density at radius 2 is 2.06 bits per heavy atom. The van der Waals surface area contributed by atoms with Crippen LogP contribution in [0.3, 0.4) is 0 Å². The Labute approximate surface area is 192 Å². The fourth-order valence-electron chi connectivity index (χ4n) is 5.31. The fraction of sp³-hybridized carbons (Fsp3) is 0.591. The molecule has 0 radical (unpaired) electrons. The Kier molecular flexibility index (Phi) is 6.23. The van der Waals surface area contributed by atoms with Crippen LogP contribution in [0.25, 0.3) is 0 Å². The van der Waals surface area contributed by atoms with E-state index in [1.54, 1.807) is 6.07 Å². The summed E-state index contributed by atoms with van der Waals surface area (Å²) in [4.78, 5) is 13.8. The largest absolute Gasteiger partial charge is 0.476 e. The summed E-state index contributed by atoms with van der Waals surface area (Å²) in [7, 11) is -3.87. The second kappa shape index (κ2) is 8.53. The molecule has 0 spiro atoms. The summed E-state index contributed by atoms with van der Waals surface area (Å²) >= 11 is 1.34. The summed E-state index contributed by atoms with van der Waals surface area (Å²) in [6.45, 7) is 4.59. The minimum atomic E-state index is -3.87. The van der Waals surface area contributed by atoms with Gasteiger partial charge in [0.2, 0.25) is 15.9 Å². The van der Waals surface area contributed by atoms with E-state index in [1.807, 2.05) is 20.1 Å². The number of hydrogen-bond donors (Lipinski definition) is 2. The summed E-state index contributed by atoms with van der Waals surface area (Å²) < 4.78 is 48.4. The van der Waals surface area contributed by atoms with Crippen LogP contribution < -0.4 is 14.4 Å². The van der Waals surface area contributed by atoms with Gasteiger partial charge in [-0.25, -0.2) is 17.9 Å². The van der Waals surface area contributed by atoms with Crippen LogP contribution in [-0.4, -0.2) is 43.9 Å². The minimum absolute atomic E-state index is 0.0541. The molecule has 1 aromatic carbocycles. The Bertz CT molecular complexity index is 1050. The number of benzene rings is 1. The first kappa shape index (κ1) is 23.4. The highest BCUT2D eigenvalue weighted by molar-refractivity contribution is 7.98. The second-order valence-corrected chi connectivity index (χ2v) is 11.8. The zero-order chi connectivity index (χ0) is 23.3. The topological polar surface area (TPSA) is 95.9 Å². The molecule has 0 amide bonds. The van der Waals surface area contributed by atoms with Gasteiger partial charge in [0.05, 0.1) is 10.6 Å². The zero-order valence-electron chi connectivity index (χ0n) is 18.4. The standard InChI is InChI=1S/C22H29FN2O5S2/c1-13(2)16-11-25(22-6-4-14(10-22)5-7-22)17-8-19(31-3)18(30-12-15(23)21(26)27)9-20(17)32(28,29)24-16/h8-9,12-14,16,24H,4-7,10-11H2,1-3H3,(H,26,27)/b15-12-/t14?,16-,22?/m0/s1. The van der Waals surface area contributed by atoms with E-state index in [4.69, 9.17) is 9.84 Å². The summed E-state index contributed by atoms with van der Waals surface area (Å²) in [6, 6.07) is 2.93. The number of carboxylic acid groups (broad SMARTS) is 1. The van der Waals surface area contributed by atoms with E-state index in [2.05, 4.69) is 9.62 Å². The van der Waals surface area contributed by atoms with Gasteiger partial charge in [-0.05, 0) is 56.3 Å². The molecule has 7 nitrogen and oxygen atoms in total. The molecule has 3 aliphatic rings. The lowest BCUT2D eigenvalue weighted by Crippen LogP contribution is -2.52. The van der Waals surface area contributed by atoms with Gasteiger partial charge >= 0.3 is 5.97 Å². The molecular formula is C22H29FN2O5S2. The van der Waals surface area contributed by atoms with Gasteiger partial charge in [0.25, 0.3) is 0 Å². The maximum Gasteiger partial charge on any atom is 0.368 e. The van der Waals surface area contributed by atoms with Crippen LogP contribution in [0.5, 0.6) is 5.75 Å². The molecule has 176 valence electrons. The SMILES string of the molecule is CSc1cc2c(cc1O/C=C(\F)C(=O)O)S(=O)(=O)N[C@H](C(C)C)CN2C12CCC(CC1)C2. The van der Waals surface area contributed by atoms with Crippen molar-refractivity contribution in [2.24, 2.45) is 11.8 Å². The van der Waals surface area contributed by atoms with Crippen molar-refractivity contribution in [3.63, 3.8) is 0 Å². The average Bonchev–Trinajstić information content (AvgIpc) is 3.33. The molecule has 2 aliphatic carbocycles. The van der Waals surface area contributed by atoms with Crippen LogP contribution in [-0.2, 0) is 14.8 Å². The highest BCUT2D eigenvalue weighted by atomic mass is 32.2. The van der Waals surface area contributed by atoms with Crippen molar-refractivity contribution in [2.75, 3.05) is 17.7 Å². The van der Waals surface area contributed by atoms with Crippen LogP contribution in [0.15, 0.2) is 34.0 Å². The van der Waals surface area contributed by atoms with E-state index in [0.717, 1.165) is 32.1 Å². The zero-order valence-corrected chi connectivity index (χ0v) is 20.1. The molecular weight excluding hydrogens is 455 g/mol. The van der Waals surface area contributed by atoms with Gasteiger partial charge in [0, 0.05) is 24.2 Å². The highest BCUT2D eigenvalue weighted by Gasteiger charge is 2.51. The molecule has 1 aromatic rings. The van der Waals surface area contributed by atoms with Gasteiger partial charge in [0.1, 0.15) is 16.9 Å². The summed E-state index contributed by atoms with van der Waals surface area (Å²) in [5.74, 6) is -2.32. The monoisotopic (exact) mass is 484 g/mol. The number of anilines is 1. The van der Waals surface area contributed by atoms with Crippen molar-refractivity contribution < 1.29 is 27.4 Å². The molecule has 2 fully saturated rings. The number of nitrogens with zero attached hydrogens (tertiary/aromatic N) is 1. The maximum absolute atomic E-state index is 13.5. The molecule has 0 saturated heterocycles. The third-order valence-electron chi connectivity index (χ3n) is 7.09. The molecule has 2 bridgehead atoms. The predicted molar refractivity (Wildman–Crippen MR) is 121 cm³/mol. The number of aliphatic carboxylic acids is 1. The van der Waals surface area contributed by atoms with Crippen molar-refractivity contribution in [1.29, 1.82) is 0 Å². The van der Waals surface area contributed by atoms with Crippen molar-refractivity contribution >= 4 is 33.4 Å². The van der Waals surface area contributed by atoms with E-state index >= 15 is 0 Å². The van der Waals surface area contributed by atoms with Crippen molar-refractivity contribution in [3.05, 3.63) is 24.2 Å². The molecule has 0 aromatic heterocycles. The quantitative estimate of drug-likeness (QED) is 0.356. The minimum Gasteiger partial charge on any atom is -0.476 e. The molecule has 2 saturated carbocycles. The highest BCUT2D eigenvalue weighted by Crippen LogP contribution is 2.54. The smallest absolute Gasteiger partial charge is 0.368 e. The summed E-state index contributed by atoms with van der Waals surface area (Å²) in [5.41, 5.74) is 0.587. The molecule has 4 rings (SSSR count). The van der Waals surface area contributed by atoms with Crippen LogP contribution in [0.1, 0.15) is 46.0 Å². The number of nitrogens with one attached hydrogen (secondary N) is 1. The lowest BCUT2D eigenvalue weighted by atomic mass is 9.89. The first-order valence-electron chi connectivity index (χ1n) is 10.8. The number of carbonyl (C=O) groups is 1. The Morgan fingerprint density at radius 3 is 2.59 bits per heavy atom. The van der Waals surface area contributed by atoms with Crippen molar-refractivity contribution in [1.82, 2.24) is 4.72 Å². The third kappa shape index (κ3) is 4.12. The molecule has 1 heterocycles. The van der Waals surface area contributed by atoms with Gasteiger partial charge in [-0.2, -0.15) is 4.39 Å². The number of carboxylic acids is 1. The van der Waals surface area contributed by atoms with Crippen molar-refractivity contribution in [2.45, 2.75) is 67.3 Å². The van der Waals surface area contributed by atoms with Gasteiger partial charge in [0.15, 0.2) is 0 Å². The second-order valence-electron chi connectivity index (χ2n) is 9.31. The number of hydrogen-bond acceptors (Lipinski definition) is 6. The first-order chi connectivity index (χ1) is 15.1. The number of halogens is 1. The van der Waals surface area contributed by atoms with Crippen LogP contribution in [0.2, 0.25) is 0 Å². The number of thioether (sulfide) groups is 1. The van der Waals surface area contributed by atoms with Gasteiger partial charge in [-0.3, -0.25) is 0 Å². The van der Waals surface area contributed by atoms with Gasteiger partial charge < -0.3 is 14.7 Å². The summed E-state index contributed by atoms with van der Waals surface area (Å²) in [5, 5.41) is 8.75. The van der Waals surface area contributed by atoms with Gasteiger partial charge in [-0.15, -0.1) is 11.8 Å². The first-order valence-corrected chi connectivity index (χ1v) is 13.5. The molecule has 2 N–H and O–H groups in total. The number of sulfonamides is 1. The Hall–Kier alpha value is -1.78. The number of fused-ring (bicyclic) bond motifs is 3. The summed E-state index contributed by atoms with van der Waals surface area (Å²) in [6.07, 6.45) is 7.78. The van der Waals surface area contributed by atoms with Gasteiger partial charge in [-0.1, -0.05) is 13.8 Å². The molecule has 32 heavy (non-hydrogen) atoms.